The average Bonchev–Trinajstić information content (AvgIpc) is 2.70. The summed E-state index contributed by atoms with van der Waals surface area (Å²) in [5.74, 6) is 1.28. The Hall–Kier alpha value is -3.69. The lowest BCUT2D eigenvalue weighted by atomic mass is 10.3. The summed E-state index contributed by atoms with van der Waals surface area (Å²) in [6.07, 6.45) is 3.30. The summed E-state index contributed by atoms with van der Waals surface area (Å²) >= 11 is 0. The Morgan fingerprint density at radius 2 is 1.19 bits per heavy atom. The largest absolute Gasteiger partial charge is 0.481 e. The molecule has 0 fully saturated rings. The summed E-state index contributed by atoms with van der Waals surface area (Å²) in [6, 6.07) is 7.22. The first-order valence-corrected chi connectivity index (χ1v) is 9.62. The summed E-state index contributed by atoms with van der Waals surface area (Å²) in [6.45, 7) is 0.891. The minimum absolute atomic E-state index is 0.0794. The first-order valence-electron chi connectivity index (χ1n) is 8.23. The van der Waals surface area contributed by atoms with E-state index in [1.165, 1.54) is 0 Å². The zero-order valence-corrected chi connectivity index (χ0v) is 17.7. The van der Waals surface area contributed by atoms with Gasteiger partial charge in [0.25, 0.3) is 0 Å². The van der Waals surface area contributed by atoms with E-state index >= 15 is 0 Å². The minimum Gasteiger partial charge on any atom is -0.481 e. The van der Waals surface area contributed by atoms with E-state index in [2.05, 4.69) is 20.0 Å². The number of nitrogens with two attached hydrogens (primary N) is 4. The molecule has 0 saturated carbocycles. The van der Waals surface area contributed by atoms with Gasteiger partial charge < -0.3 is 32.4 Å². The van der Waals surface area contributed by atoms with Crippen LogP contribution in [0.5, 0.6) is 11.8 Å². The Labute approximate surface area is 179 Å². The average molecular weight is 459 g/mol. The quantitative estimate of drug-likeness (QED) is 0.174. The molecule has 172 valence electrons. The zero-order valence-electron chi connectivity index (χ0n) is 16.9. The van der Waals surface area contributed by atoms with Gasteiger partial charge in [0.05, 0.1) is 27.3 Å². The molecule has 2 aromatic rings. The molecule has 10 N–H and O–H groups in total. The summed E-state index contributed by atoms with van der Waals surface area (Å²) in [7, 11) is -1.54. The number of nitrogens with zero attached hydrogens (tertiary/aromatic N) is 4. The van der Waals surface area contributed by atoms with Gasteiger partial charge in [0.2, 0.25) is 11.8 Å². The fourth-order valence-electron chi connectivity index (χ4n) is 1.69. The van der Waals surface area contributed by atoms with E-state index in [1.54, 1.807) is 38.7 Å². The van der Waals surface area contributed by atoms with Crippen LogP contribution in [0.3, 0.4) is 0 Å². The molecule has 0 aliphatic rings. The van der Waals surface area contributed by atoms with Crippen molar-refractivity contribution in [2.24, 2.45) is 32.9 Å². The van der Waals surface area contributed by atoms with Crippen LogP contribution in [0.15, 0.2) is 46.6 Å². The summed E-state index contributed by atoms with van der Waals surface area (Å²) in [4.78, 5) is 15.6. The highest BCUT2D eigenvalue weighted by Crippen LogP contribution is 2.09. The third-order valence-corrected chi connectivity index (χ3v) is 2.91. The number of rotatable bonds is 6. The van der Waals surface area contributed by atoms with Gasteiger partial charge in [-0.15, -0.1) is 0 Å². The molecular weight excluding hydrogens is 432 g/mol. The molecule has 0 unspecified atom stereocenters. The lowest BCUT2D eigenvalue weighted by Gasteiger charge is -2.00. The Balaban J connectivity index is 0.000000479. The predicted octanol–water partition coefficient (Wildman–Crippen LogP) is -0.926. The number of hydrogen-bond donors (Lipinski definition) is 6. The van der Waals surface area contributed by atoms with Gasteiger partial charge in [-0.2, -0.15) is 8.42 Å². The minimum atomic E-state index is -4.67. The first-order chi connectivity index (χ1) is 14.4. The van der Waals surface area contributed by atoms with E-state index in [-0.39, 0.29) is 11.9 Å². The Kier molecular flexibility index (Phi) is 12.6. The van der Waals surface area contributed by atoms with Crippen molar-refractivity contribution in [3.63, 3.8) is 0 Å². The van der Waals surface area contributed by atoms with E-state index < -0.39 is 10.4 Å². The van der Waals surface area contributed by atoms with Gasteiger partial charge in [-0.25, -0.2) is 20.0 Å². The fraction of sp³-hybridized carbons (Fsp3) is 0.250. The van der Waals surface area contributed by atoms with Crippen LogP contribution < -0.4 is 32.4 Å². The molecule has 14 nitrogen and oxygen atoms in total. The highest BCUT2D eigenvalue weighted by molar-refractivity contribution is 7.79. The van der Waals surface area contributed by atoms with E-state index in [1.807, 2.05) is 12.1 Å². The highest BCUT2D eigenvalue weighted by atomic mass is 32.3. The maximum atomic E-state index is 8.74. The van der Waals surface area contributed by atoms with Gasteiger partial charge in [-0.1, -0.05) is 0 Å². The molecule has 0 aliphatic heterocycles. The van der Waals surface area contributed by atoms with Crippen molar-refractivity contribution in [1.29, 1.82) is 0 Å². The number of ether oxygens (including phenoxy) is 2. The van der Waals surface area contributed by atoms with E-state index in [0.717, 1.165) is 11.1 Å². The molecular formula is C16H26N8O6S. The summed E-state index contributed by atoms with van der Waals surface area (Å²) in [5, 5.41) is 0. The van der Waals surface area contributed by atoms with E-state index in [9.17, 15) is 0 Å². The van der Waals surface area contributed by atoms with Crippen LogP contribution in [0, 0.1) is 0 Å². The lowest BCUT2D eigenvalue weighted by molar-refractivity contribution is 0.381. The molecule has 2 rings (SSSR count). The molecule has 0 saturated heterocycles. The van der Waals surface area contributed by atoms with Gasteiger partial charge in [0.15, 0.2) is 11.9 Å². The second kappa shape index (κ2) is 14.3. The molecule has 2 heterocycles. The van der Waals surface area contributed by atoms with Crippen molar-refractivity contribution in [2.45, 2.75) is 13.1 Å². The molecule has 0 aliphatic carbocycles. The topological polar surface area (TPSA) is 248 Å². The maximum absolute atomic E-state index is 8.74. The SMILES string of the molecule is COc1cc(CN=C(N)N)ccn1.COc1cc(CN=C(N)N)ccn1.O=S(=O)(O)O. The predicted molar refractivity (Wildman–Crippen MR) is 115 cm³/mol. The Morgan fingerprint density at radius 3 is 1.45 bits per heavy atom. The van der Waals surface area contributed by atoms with Crippen molar-refractivity contribution in [3.05, 3.63) is 47.8 Å². The van der Waals surface area contributed by atoms with Crippen LogP contribution in [0.4, 0.5) is 0 Å². The van der Waals surface area contributed by atoms with Crippen LogP contribution >= 0.6 is 0 Å². The van der Waals surface area contributed by atoms with Crippen molar-refractivity contribution < 1.29 is 27.0 Å². The molecule has 31 heavy (non-hydrogen) atoms. The second-order valence-corrected chi connectivity index (χ2v) is 6.24. The Morgan fingerprint density at radius 1 is 0.871 bits per heavy atom. The lowest BCUT2D eigenvalue weighted by Crippen LogP contribution is -2.22. The normalized spacial score (nSPS) is 9.68. The van der Waals surface area contributed by atoms with Crippen LogP contribution in [0.2, 0.25) is 0 Å². The molecule has 0 bridgehead atoms. The number of aromatic nitrogens is 2. The molecule has 0 radical (unpaired) electrons. The van der Waals surface area contributed by atoms with Gasteiger partial charge in [0.1, 0.15) is 0 Å². The molecule has 2 aromatic heterocycles. The molecule has 0 atom stereocenters. The van der Waals surface area contributed by atoms with Gasteiger partial charge in [-0.05, 0) is 23.3 Å². The van der Waals surface area contributed by atoms with Crippen LogP contribution in [0.25, 0.3) is 0 Å². The number of pyridine rings is 2. The summed E-state index contributed by atoms with van der Waals surface area (Å²) < 4.78 is 41.5. The maximum Gasteiger partial charge on any atom is 0.394 e. The number of methoxy groups -OCH3 is 2. The van der Waals surface area contributed by atoms with Crippen LogP contribution in [-0.4, -0.2) is 53.6 Å². The fourth-order valence-corrected chi connectivity index (χ4v) is 1.69. The van der Waals surface area contributed by atoms with Crippen molar-refractivity contribution >= 4 is 22.3 Å². The molecule has 0 amide bonds. The third-order valence-electron chi connectivity index (χ3n) is 2.91. The van der Waals surface area contributed by atoms with Crippen molar-refractivity contribution in [1.82, 2.24) is 9.97 Å². The second-order valence-electron chi connectivity index (χ2n) is 5.34. The number of hydrogen-bond acceptors (Lipinski definition) is 8. The third kappa shape index (κ3) is 16.9. The van der Waals surface area contributed by atoms with E-state index in [4.69, 9.17) is 49.9 Å². The van der Waals surface area contributed by atoms with Gasteiger partial charge in [-0.3, -0.25) is 9.11 Å². The van der Waals surface area contributed by atoms with Gasteiger partial charge >= 0.3 is 10.4 Å². The molecule has 15 heteroatoms. The van der Waals surface area contributed by atoms with Crippen molar-refractivity contribution in [3.8, 4) is 11.8 Å². The smallest absolute Gasteiger partial charge is 0.394 e. The number of guanidine groups is 2. The van der Waals surface area contributed by atoms with E-state index in [0.29, 0.717) is 24.8 Å². The van der Waals surface area contributed by atoms with Crippen LogP contribution in [0.1, 0.15) is 11.1 Å². The summed E-state index contributed by atoms with van der Waals surface area (Å²) in [5.41, 5.74) is 22.7. The highest BCUT2D eigenvalue weighted by Gasteiger charge is 1.96. The standard InChI is InChI=1S/2C8H12N4O.H2O4S/c2*1-13-7-4-6(2-3-11-7)5-12-8(9)10;1-5(2,3)4/h2*2-4H,5H2,1H3,(H4,9,10,12);(H2,1,2,3,4). The molecule has 0 spiro atoms. The van der Waals surface area contributed by atoms with Crippen molar-refractivity contribution in [2.75, 3.05) is 14.2 Å². The Bertz CT molecular complexity index is 889. The monoisotopic (exact) mass is 458 g/mol. The van der Waals surface area contributed by atoms with Crippen LogP contribution in [-0.2, 0) is 23.5 Å². The molecule has 0 aromatic carbocycles. The zero-order chi connectivity index (χ0) is 23.9. The number of aliphatic imine (C=N–C) groups is 2. The first kappa shape index (κ1) is 27.3. The van der Waals surface area contributed by atoms with Gasteiger partial charge in [0, 0.05) is 24.5 Å².